The number of hydrogen-bond donors (Lipinski definition) is 1. The summed E-state index contributed by atoms with van der Waals surface area (Å²) in [4.78, 5) is 19.5. The first kappa shape index (κ1) is 20.1. The van der Waals surface area contributed by atoms with Crippen LogP contribution in [-0.4, -0.2) is 37.3 Å². The van der Waals surface area contributed by atoms with Crippen molar-refractivity contribution in [1.82, 2.24) is 14.6 Å². The van der Waals surface area contributed by atoms with Crippen molar-refractivity contribution in [3.8, 4) is 0 Å². The van der Waals surface area contributed by atoms with E-state index in [0.29, 0.717) is 6.54 Å². The summed E-state index contributed by atoms with van der Waals surface area (Å²) in [6, 6.07) is 20.3. The van der Waals surface area contributed by atoms with E-state index >= 15 is 0 Å². The fourth-order valence-corrected chi connectivity index (χ4v) is 6.16. The predicted molar refractivity (Wildman–Crippen MR) is 122 cm³/mol. The molecule has 1 saturated heterocycles. The van der Waals surface area contributed by atoms with E-state index in [0.717, 1.165) is 38.8 Å². The van der Waals surface area contributed by atoms with Crippen molar-refractivity contribution in [2.75, 3.05) is 13.1 Å². The lowest BCUT2D eigenvalue weighted by Gasteiger charge is -2.23. The number of aromatic nitrogens is 1. The number of sulfonamides is 1. The molecule has 1 aliphatic heterocycles. The minimum Gasteiger partial charge on any atom is -0.332 e. The van der Waals surface area contributed by atoms with Crippen molar-refractivity contribution in [2.45, 2.75) is 23.8 Å². The maximum atomic E-state index is 12.9. The van der Waals surface area contributed by atoms with Gasteiger partial charge in [0.05, 0.1) is 27.7 Å². The van der Waals surface area contributed by atoms with E-state index in [-0.39, 0.29) is 23.4 Å². The van der Waals surface area contributed by atoms with Gasteiger partial charge in [-0.05, 0) is 47.9 Å². The van der Waals surface area contributed by atoms with Crippen LogP contribution in [-0.2, 0) is 14.8 Å². The maximum Gasteiger partial charge on any atom is 0.241 e. The van der Waals surface area contributed by atoms with Gasteiger partial charge in [0, 0.05) is 6.54 Å². The second-order valence-electron chi connectivity index (χ2n) is 7.60. The number of nitrogens with one attached hydrogen (secondary N) is 1. The number of likely N-dealkylation sites (tertiary alicyclic amines) is 1. The summed E-state index contributed by atoms with van der Waals surface area (Å²) in [6.45, 7) is 0.341. The van der Waals surface area contributed by atoms with Gasteiger partial charge in [0.1, 0.15) is 5.01 Å². The van der Waals surface area contributed by atoms with E-state index in [2.05, 4.69) is 4.72 Å². The fourth-order valence-electron chi connectivity index (χ4n) is 4.03. The molecule has 2 heterocycles. The van der Waals surface area contributed by atoms with Crippen LogP contribution in [0, 0.1) is 0 Å². The van der Waals surface area contributed by atoms with Crippen molar-refractivity contribution in [2.24, 2.45) is 0 Å². The lowest BCUT2D eigenvalue weighted by atomic mass is 10.1. The number of thiazole rings is 1. The Morgan fingerprint density at radius 1 is 1.06 bits per heavy atom. The van der Waals surface area contributed by atoms with E-state index in [1.165, 1.54) is 0 Å². The van der Waals surface area contributed by atoms with E-state index in [1.54, 1.807) is 34.4 Å². The normalized spacial score (nSPS) is 16.9. The Labute approximate surface area is 184 Å². The van der Waals surface area contributed by atoms with Crippen LogP contribution >= 0.6 is 11.3 Å². The molecular weight excluding hydrogens is 430 g/mol. The average Bonchev–Trinajstić information content (AvgIpc) is 3.44. The summed E-state index contributed by atoms with van der Waals surface area (Å²) in [6.07, 6.45) is 1.72. The molecule has 1 N–H and O–H groups in total. The molecule has 8 heteroatoms. The van der Waals surface area contributed by atoms with Crippen LogP contribution in [0.15, 0.2) is 71.6 Å². The van der Waals surface area contributed by atoms with E-state index in [1.807, 2.05) is 48.5 Å². The molecular formula is C23H21N3O3S2. The Morgan fingerprint density at radius 2 is 1.84 bits per heavy atom. The van der Waals surface area contributed by atoms with Gasteiger partial charge in [-0.2, -0.15) is 0 Å². The van der Waals surface area contributed by atoms with Crippen molar-refractivity contribution in [1.29, 1.82) is 0 Å². The molecule has 0 saturated carbocycles. The van der Waals surface area contributed by atoms with Gasteiger partial charge in [-0.3, -0.25) is 4.79 Å². The Morgan fingerprint density at radius 3 is 2.68 bits per heavy atom. The Kier molecular flexibility index (Phi) is 5.21. The molecule has 158 valence electrons. The van der Waals surface area contributed by atoms with Gasteiger partial charge in [0.2, 0.25) is 15.9 Å². The fraction of sp³-hybridized carbons (Fsp3) is 0.217. The minimum atomic E-state index is -3.79. The molecule has 1 fully saturated rings. The Hall–Kier alpha value is -2.81. The summed E-state index contributed by atoms with van der Waals surface area (Å²) >= 11 is 1.59. The van der Waals surface area contributed by atoms with Crippen molar-refractivity contribution < 1.29 is 13.2 Å². The first-order valence-corrected chi connectivity index (χ1v) is 12.4. The van der Waals surface area contributed by atoms with Gasteiger partial charge in [-0.15, -0.1) is 11.3 Å². The molecule has 5 rings (SSSR count). The number of para-hydroxylation sites is 1. The number of fused-ring (bicyclic) bond motifs is 2. The number of rotatable bonds is 5. The quantitative estimate of drug-likeness (QED) is 0.496. The molecule has 31 heavy (non-hydrogen) atoms. The molecule has 4 aromatic rings. The number of nitrogens with zero attached hydrogens (tertiary/aromatic N) is 2. The summed E-state index contributed by atoms with van der Waals surface area (Å²) < 4.78 is 29.1. The van der Waals surface area contributed by atoms with Gasteiger partial charge in [-0.1, -0.05) is 42.5 Å². The Bertz CT molecular complexity index is 1350. The standard InChI is InChI=1S/C23H21N3O3S2/c27-22(15-24-31(28,29)18-12-11-16-6-1-2-7-17(16)14-18)26-13-5-9-20(26)23-25-19-8-3-4-10-21(19)30-23/h1-4,6-8,10-12,14,20,24H,5,9,13,15H2/t20-/m0/s1. The summed E-state index contributed by atoms with van der Waals surface area (Å²) in [7, 11) is -3.79. The number of hydrogen-bond acceptors (Lipinski definition) is 5. The van der Waals surface area contributed by atoms with Crippen LogP contribution in [0.25, 0.3) is 21.0 Å². The molecule has 0 bridgehead atoms. The minimum absolute atomic E-state index is 0.102. The SMILES string of the molecule is O=C(CNS(=O)(=O)c1ccc2ccccc2c1)N1CCC[C@H]1c1nc2ccccc2s1. The molecule has 1 amide bonds. The molecule has 3 aromatic carbocycles. The Balaban J connectivity index is 1.31. The lowest BCUT2D eigenvalue weighted by molar-refractivity contribution is -0.130. The van der Waals surface area contributed by atoms with Gasteiger partial charge in [0.15, 0.2) is 0 Å². The maximum absolute atomic E-state index is 12.9. The van der Waals surface area contributed by atoms with E-state index < -0.39 is 10.0 Å². The van der Waals surface area contributed by atoms with Crippen LogP contribution in [0.2, 0.25) is 0 Å². The third-order valence-corrected chi connectivity index (χ3v) is 8.15. The van der Waals surface area contributed by atoms with Crippen LogP contribution < -0.4 is 4.72 Å². The van der Waals surface area contributed by atoms with Gasteiger partial charge < -0.3 is 4.90 Å². The van der Waals surface area contributed by atoms with E-state index in [9.17, 15) is 13.2 Å². The van der Waals surface area contributed by atoms with Crippen LogP contribution in [0.3, 0.4) is 0 Å². The monoisotopic (exact) mass is 451 g/mol. The molecule has 1 aliphatic rings. The highest BCUT2D eigenvalue weighted by molar-refractivity contribution is 7.89. The van der Waals surface area contributed by atoms with Gasteiger partial charge >= 0.3 is 0 Å². The molecule has 0 spiro atoms. The highest BCUT2D eigenvalue weighted by Crippen LogP contribution is 2.36. The molecule has 6 nitrogen and oxygen atoms in total. The second kappa shape index (κ2) is 8.03. The van der Waals surface area contributed by atoms with E-state index in [4.69, 9.17) is 4.98 Å². The number of benzene rings is 3. The number of amides is 1. The predicted octanol–water partition coefficient (Wildman–Crippen LogP) is 4.09. The summed E-state index contributed by atoms with van der Waals surface area (Å²) in [5, 5.41) is 2.71. The lowest BCUT2D eigenvalue weighted by Crippen LogP contribution is -2.39. The second-order valence-corrected chi connectivity index (χ2v) is 10.4. The van der Waals surface area contributed by atoms with Gasteiger partial charge in [0.25, 0.3) is 0 Å². The van der Waals surface area contributed by atoms with Crippen LogP contribution in [0.5, 0.6) is 0 Å². The topological polar surface area (TPSA) is 79.4 Å². The highest BCUT2D eigenvalue weighted by Gasteiger charge is 2.32. The van der Waals surface area contributed by atoms with Crippen molar-refractivity contribution >= 4 is 48.3 Å². The highest BCUT2D eigenvalue weighted by atomic mass is 32.2. The largest absolute Gasteiger partial charge is 0.332 e. The zero-order chi connectivity index (χ0) is 21.4. The van der Waals surface area contributed by atoms with Crippen LogP contribution in [0.1, 0.15) is 23.9 Å². The first-order chi connectivity index (χ1) is 15.0. The third-order valence-electron chi connectivity index (χ3n) is 5.61. The summed E-state index contributed by atoms with van der Waals surface area (Å²) in [5.41, 5.74) is 0.929. The molecule has 0 radical (unpaired) electrons. The number of carbonyl (C=O) groups excluding carboxylic acids is 1. The zero-order valence-electron chi connectivity index (χ0n) is 16.7. The van der Waals surface area contributed by atoms with Gasteiger partial charge in [-0.25, -0.2) is 18.1 Å². The van der Waals surface area contributed by atoms with Crippen LogP contribution in [0.4, 0.5) is 0 Å². The zero-order valence-corrected chi connectivity index (χ0v) is 18.3. The third kappa shape index (κ3) is 3.94. The molecule has 1 atom stereocenters. The van der Waals surface area contributed by atoms with Crippen molar-refractivity contribution in [3.63, 3.8) is 0 Å². The first-order valence-electron chi connectivity index (χ1n) is 10.1. The van der Waals surface area contributed by atoms with Crippen molar-refractivity contribution in [3.05, 3.63) is 71.7 Å². The molecule has 0 aliphatic carbocycles. The molecule has 1 aromatic heterocycles. The smallest absolute Gasteiger partial charge is 0.241 e. The number of carbonyl (C=O) groups is 1. The molecule has 0 unspecified atom stereocenters. The summed E-state index contributed by atoms with van der Waals surface area (Å²) in [5.74, 6) is -0.230. The average molecular weight is 452 g/mol.